The van der Waals surface area contributed by atoms with Gasteiger partial charge in [-0.2, -0.15) is 0 Å². The summed E-state index contributed by atoms with van der Waals surface area (Å²) in [6, 6.07) is 8.71. The number of esters is 1. The Labute approximate surface area is 157 Å². The van der Waals surface area contributed by atoms with Crippen LogP contribution in [0.25, 0.3) is 0 Å². The Kier molecular flexibility index (Phi) is 3.59. The molecule has 2 atom stereocenters. The van der Waals surface area contributed by atoms with Crippen molar-refractivity contribution in [2.24, 2.45) is 0 Å². The maximum absolute atomic E-state index is 11.5. The highest BCUT2D eigenvalue weighted by atomic mass is 16.7. The molecule has 140 valence electrons. The Balaban J connectivity index is 1.61. The minimum absolute atomic E-state index is 0.242. The smallest absolute Gasteiger partial charge is 0.308 e. The minimum atomic E-state index is -0.348. The molecule has 0 N–H and O–H groups in total. The molecule has 0 saturated heterocycles. The van der Waals surface area contributed by atoms with Crippen molar-refractivity contribution in [2.45, 2.75) is 31.8 Å². The normalized spacial score (nSPS) is 22.0. The fourth-order valence-corrected chi connectivity index (χ4v) is 4.57. The van der Waals surface area contributed by atoms with Crippen molar-refractivity contribution in [3.8, 4) is 23.0 Å². The number of carbonyl (C=O) groups is 1. The third-order valence-electron chi connectivity index (χ3n) is 5.84. The standard InChI is InChI=1S/C21H21NO5/c1-11(23)27-21-7-13-5-17-15-9-20-19(25-10-26-20)6-12(15)4-16(22(17)2)14(13)8-18(21)24-3/h6-9,16-17H,4-5,10H2,1-3H3/t16-,17-/m0/s1. The average Bonchev–Trinajstić information content (AvgIpc) is 3.08. The number of rotatable bonds is 2. The molecular weight excluding hydrogens is 346 g/mol. The van der Waals surface area contributed by atoms with Crippen molar-refractivity contribution in [3.05, 3.63) is 46.5 Å². The molecule has 0 saturated carbocycles. The second-order valence-corrected chi connectivity index (χ2v) is 7.31. The van der Waals surface area contributed by atoms with Gasteiger partial charge in [0, 0.05) is 19.0 Å². The van der Waals surface area contributed by atoms with Gasteiger partial charge in [0.25, 0.3) is 0 Å². The lowest BCUT2D eigenvalue weighted by Crippen LogP contribution is -2.40. The molecule has 2 aromatic carbocycles. The van der Waals surface area contributed by atoms with Crippen molar-refractivity contribution < 1.29 is 23.7 Å². The second-order valence-electron chi connectivity index (χ2n) is 7.31. The van der Waals surface area contributed by atoms with E-state index in [1.165, 1.54) is 29.2 Å². The Morgan fingerprint density at radius 1 is 1.00 bits per heavy atom. The number of hydrogen-bond donors (Lipinski definition) is 0. The number of methoxy groups -OCH3 is 1. The number of fused-ring (bicyclic) bond motifs is 7. The van der Waals surface area contributed by atoms with E-state index < -0.39 is 0 Å². The first kappa shape index (κ1) is 16.4. The summed E-state index contributed by atoms with van der Waals surface area (Å²) < 4.78 is 22.0. The lowest BCUT2D eigenvalue weighted by atomic mass is 9.76. The van der Waals surface area contributed by atoms with E-state index in [0.717, 1.165) is 24.3 Å². The first-order valence-corrected chi connectivity index (χ1v) is 9.08. The zero-order valence-electron chi connectivity index (χ0n) is 15.6. The third-order valence-corrected chi connectivity index (χ3v) is 5.84. The Morgan fingerprint density at radius 2 is 1.63 bits per heavy atom. The lowest BCUT2D eigenvalue weighted by Gasteiger charge is -2.46. The maximum Gasteiger partial charge on any atom is 0.308 e. The predicted molar refractivity (Wildman–Crippen MR) is 97.5 cm³/mol. The van der Waals surface area contributed by atoms with Gasteiger partial charge in [0.15, 0.2) is 23.0 Å². The fourth-order valence-electron chi connectivity index (χ4n) is 4.57. The van der Waals surface area contributed by atoms with Crippen molar-refractivity contribution in [1.29, 1.82) is 0 Å². The topological polar surface area (TPSA) is 57.2 Å². The van der Waals surface area contributed by atoms with Crippen LogP contribution in [0.5, 0.6) is 23.0 Å². The van der Waals surface area contributed by atoms with Gasteiger partial charge in [-0.05, 0) is 66.4 Å². The Morgan fingerprint density at radius 3 is 2.30 bits per heavy atom. The van der Waals surface area contributed by atoms with Crippen molar-refractivity contribution >= 4 is 5.97 Å². The highest BCUT2D eigenvalue weighted by molar-refractivity contribution is 5.71. The number of hydrogen-bond acceptors (Lipinski definition) is 6. The maximum atomic E-state index is 11.5. The second kappa shape index (κ2) is 5.89. The first-order valence-electron chi connectivity index (χ1n) is 9.08. The molecule has 0 fully saturated rings. The SMILES string of the molecule is COc1cc2c(cc1OC(C)=O)C[C@H]1c3cc4c(cc3C[C@@H]2N1C)OCO4. The summed E-state index contributed by atoms with van der Waals surface area (Å²) in [6.45, 7) is 1.69. The fraction of sp³-hybridized carbons (Fsp3) is 0.381. The zero-order chi connectivity index (χ0) is 18.7. The van der Waals surface area contributed by atoms with Crippen LogP contribution in [0.4, 0.5) is 0 Å². The molecule has 0 amide bonds. The van der Waals surface area contributed by atoms with Crippen LogP contribution < -0.4 is 18.9 Å². The molecule has 0 aromatic heterocycles. The van der Waals surface area contributed by atoms with Gasteiger partial charge >= 0.3 is 5.97 Å². The average molecular weight is 367 g/mol. The van der Waals surface area contributed by atoms with E-state index in [1.807, 2.05) is 12.1 Å². The van der Waals surface area contributed by atoms with Gasteiger partial charge < -0.3 is 18.9 Å². The molecule has 3 aliphatic heterocycles. The first-order chi connectivity index (χ1) is 13.0. The summed E-state index contributed by atoms with van der Waals surface area (Å²) in [6.07, 6.45) is 1.73. The van der Waals surface area contributed by atoms with Gasteiger partial charge in [-0.3, -0.25) is 9.69 Å². The van der Waals surface area contributed by atoms with Gasteiger partial charge in [-0.15, -0.1) is 0 Å². The number of benzene rings is 2. The van der Waals surface area contributed by atoms with E-state index >= 15 is 0 Å². The molecule has 0 unspecified atom stereocenters. The van der Waals surface area contributed by atoms with Crippen LogP contribution in [-0.4, -0.2) is 31.8 Å². The monoisotopic (exact) mass is 367 g/mol. The molecule has 3 heterocycles. The van der Waals surface area contributed by atoms with E-state index in [1.54, 1.807) is 7.11 Å². The van der Waals surface area contributed by atoms with Gasteiger partial charge in [0.2, 0.25) is 6.79 Å². The summed E-state index contributed by atoms with van der Waals surface area (Å²) in [7, 11) is 3.76. The molecule has 2 aromatic rings. The van der Waals surface area contributed by atoms with Crippen LogP contribution >= 0.6 is 0 Å². The van der Waals surface area contributed by atoms with E-state index in [-0.39, 0.29) is 24.8 Å². The van der Waals surface area contributed by atoms with Gasteiger partial charge in [0.1, 0.15) is 0 Å². The molecule has 3 aliphatic rings. The highest BCUT2D eigenvalue weighted by Gasteiger charge is 2.40. The molecule has 6 nitrogen and oxygen atoms in total. The Hall–Kier alpha value is -2.73. The summed E-state index contributed by atoms with van der Waals surface area (Å²) in [4.78, 5) is 13.9. The highest BCUT2D eigenvalue weighted by Crippen LogP contribution is 2.51. The summed E-state index contributed by atoms with van der Waals surface area (Å²) in [5.74, 6) is 2.38. The van der Waals surface area contributed by atoms with Crippen LogP contribution in [-0.2, 0) is 17.6 Å². The number of nitrogens with zero attached hydrogens (tertiary/aromatic N) is 1. The van der Waals surface area contributed by atoms with Crippen molar-refractivity contribution in [2.75, 3.05) is 21.0 Å². The van der Waals surface area contributed by atoms with Crippen LogP contribution in [0.2, 0.25) is 0 Å². The number of carbonyl (C=O) groups excluding carboxylic acids is 1. The summed E-state index contributed by atoms with van der Waals surface area (Å²) in [5, 5.41) is 0. The largest absolute Gasteiger partial charge is 0.493 e. The molecule has 0 spiro atoms. The van der Waals surface area contributed by atoms with Crippen LogP contribution in [0.15, 0.2) is 24.3 Å². The molecule has 0 radical (unpaired) electrons. The van der Waals surface area contributed by atoms with Crippen LogP contribution in [0.1, 0.15) is 41.3 Å². The molecule has 5 rings (SSSR count). The van der Waals surface area contributed by atoms with Crippen LogP contribution in [0, 0.1) is 0 Å². The molecule has 2 bridgehead atoms. The predicted octanol–water partition coefficient (Wildman–Crippen LogP) is 3.18. The molecule has 6 heteroatoms. The third kappa shape index (κ3) is 2.47. The van der Waals surface area contributed by atoms with E-state index in [0.29, 0.717) is 11.5 Å². The van der Waals surface area contributed by atoms with Crippen LogP contribution in [0.3, 0.4) is 0 Å². The lowest BCUT2D eigenvalue weighted by molar-refractivity contribution is -0.132. The Bertz CT molecular complexity index is 954. The molecular formula is C21H21NO5. The van der Waals surface area contributed by atoms with Gasteiger partial charge in [-0.1, -0.05) is 0 Å². The molecule has 0 aliphatic carbocycles. The van der Waals surface area contributed by atoms with E-state index in [9.17, 15) is 4.79 Å². The van der Waals surface area contributed by atoms with E-state index in [2.05, 4.69) is 24.1 Å². The summed E-state index contributed by atoms with van der Waals surface area (Å²) in [5.41, 5.74) is 5.02. The number of ether oxygens (including phenoxy) is 4. The van der Waals surface area contributed by atoms with E-state index in [4.69, 9.17) is 18.9 Å². The number of likely N-dealkylation sites (N-methyl/N-ethyl adjacent to an activating group) is 1. The minimum Gasteiger partial charge on any atom is -0.493 e. The molecule has 27 heavy (non-hydrogen) atoms. The van der Waals surface area contributed by atoms with Crippen molar-refractivity contribution in [3.63, 3.8) is 0 Å². The van der Waals surface area contributed by atoms with Crippen molar-refractivity contribution in [1.82, 2.24) is 4.90 Å². The van der Waals surface area contributed by atoms with Gasteiger partial charge in [0.05, 0.1) is 7.11 Å². The zero-order valence-corrected chi connectivity index (χ0v) is 15.6. The summed E-state index contributed by atoms with van der Waals surface area (Å²) >= 11 is 0. The quantitative estimate of drug-likeness (QED) is 0.600. The van der Waals surface area contributed by atoms with Gasteiger partial charge in [-0.25, -0.2) is 0 Å².